The van der Waals surface area contributed by atoms with Crippen LogP contribution in [-0.2, 0) is 4.74 Å². The van der Waals surface area contributed by atoms with Gasteiger partial charge < -0.3 is 20.5 Å². The maximum atomic E-state index is 12.0. The Kier molecular flexibility index (Phi) is 5.03. The van der Waals surface area contributed by atoms with E-state index in [-0.39, 0.29) is 23.2 Å². The number of carbonyl (C=O) groups is 2. The molecule has 114 valence electrons. The van der Waals surface area contributed by atoms with E-state index >= 15 is 0 Å². The van der Waals surface area contributed by atoms with Gasteiger partial charge >= 0.3 is 12.0 Å². The Morgan fingerprint density at radius 2 is 2.24 bits per heavy atom. The summed E-state index contributed by atoms with van der Waals surface area (Å²) in [7, 11) is 0. The number of rotatable bonds is 4. The molecule has 1 saturated heterocycles. The van der Waals surface area contributed by atoms with Gasteiger partial charge in [-0.05, 0) is 31.5 Å². The Balaban J connectivity index is 2.02. The van der Waals surface area contributed by atoms with E-state index in [2.05, 4.69) is 10.6 Å². The molecular weight excluding hydrogens is 296 g/mol. The molecule has 1 fully saturated rings. The van der Waals surface area contributed by atoms with Crippen LogP contribution in [-0.4, -0.2) is 36.4 Å². The van der Waals surface area contributed by atoms with Crippen LogP contribution in [0.5, 0.6) is 0 Å². The highest BCUT2D eigenvalue weighted by Crippen LogP contribution is 2.21. The number of nitrogens with one attached hydrogen (secondary N) is 2. The van der Waals surface area contributed by atoms with Crippen molar-refractivity contribution in [1.29, 1.82) is 0 Å². The summed E-state index contributed by atoms with van der Waals surface area (Å²) in [6.07, 6.45) is 0.902. The fourth-order valence-corrected chi connectivity index (χ4v) is 2.41. The number of hydrogen-bond donors (Lipinski definition) is 3. The first-order valence-electron chi connectivity index (χ1n) is 6.65. The zero-order valence-corrected chi connectivity index (χ0v) is 12.3. The van der Waals surface area contributed by atoms with Gasteiger partial charge in [0.1, 0.15) is 0 Å². The third-order valence-electron chi connectivity index (χ3n) is 3.49. The molecule has 21 heavy (non-hydrogen) atoms. The molecule has 2 rings (SSSR count). The van der Waals surface area contributed by atoms with Crippen LogP contribution in [0, 0.1) is 5.92 Å². The van der Waals surface area contributed by atoms with Crippen LogP contribution in [0.25, 0.3) is 0 Å². The lowest BCUT2D eigenvalue weighted by molar-refractivity contribution is 0.0698. The number of aromatic carboxylic acids is 1. The Morgan fingerprint density at radius 3 is 2.86 bits per heavy atom. The van der Waals surface area contributed by atoms with Gasteiger partial charge in [0.15, 0.2) is 0 Å². The molecule has 6 nitrogen and oxygen atoms in total. The summed E-state index contributed by atoms with van der Waals surface area (Å²) in [5.74, 6) is -0.853. The number of anilines is 1. The number of carbonyl (C=O) groups excluding carboxylic acids is 1. The van der Waals surface area contributed by atoms with E-state index in [0.717, 1.165) is 6.42 Å². The molecule has 0 saturated carbocycles. The smallest absolute Gasteiger partial charge is 0.337 e. The summed E-state index contributed by atoms with van der Waals surface area (Å²) in [5, 5.41) is 14.8. The minimum atomic E-state index is -1.13. The van der Waals surface area contributed by atoms with Crippen molar-refractivity contribution < 1.29 is 19.4 Å². The molecule has 0 bridgehead atoms. The van der Waals surface area contributed by atoms with E-state index in [9.17, 15) is 9.59 Å². The molecule has 2 amide bonds. The second kappa shape index (κ2) is 6.78. The molecule has 1 aromatic rings. The van der Waals surface area contributed by atoms with Crippen molar-refractivity contribution in [3.8, 4) is 0 Å². The SMILES string of the molecule is CC(NC(=O)Nc1cc(Cl)ccc1C(=O)O)C1CCOC1. The summed E-state index contributed by atoms with van der Waals surface area (Å²) in [6, 6.07) is 3.72. The van der Waals surface area contributed by atoms with Gasteiger partial charge in [0, 0.05) is 23.6 Å². The van der Waals surface area contributed by atoms with Crippen molar-refractivity contribution in [2.24, 2.45) is 5.92 Å². The summed E-state index contributed by atoms with van der Waals surface area (Å²) in [5.41, 5.74) is 0.161. The van der Waals surface area contributed by atoms with Crippen molar-refractivity contribution in [3.63, 3.8) is 0 Å². The van der Waals surface area contributed by atoms with Crippen LogP contribution < -0.4 is 10.6 Å². The van der Waals surface area contributed by atoms with Gasteiger partial charge in [0.25, 0.3) is 0 Å². The van der Waals surface area contributed by atoms with Crippen LogP contribution in [0.1, 0.15) is 23.7 Å². The predicted molar refractivity (Wildman–Crippen MR) is 79.0 cm³/mol. The van der Waals surface area contributed by atoms with Gasteiger partial charge in [-0.2, -0.15) is 0 Å². The Morgan fingerprint density at radius 1 is 1.48 bits per heavy atom. The number of carboxylic acid groups (broad SMARTS) is 1. The lowest BCUT2D eigenvalue weighted by Gasteiger charge is -2.20. The Labute approximate surface area is 127 Å². The average molecular weight is 313 g/mol. The van der Waals surface area contributed by atoms with Crippen molar-refractivity contribution >= 4 is 29.3 Å². The average Bonchev–Trinajstić information content (AvgIpc) is 2.91. The standard InChI is InChI=1S/C14H17ClN2O4/c1-8(9-4-5-21-7-9)16-14(20)17-12-6-10(15)2-3-11(12)13(18)19/h2-3,6,8-9H,4-5,7H2,1H3,(H,18,19)(H2,16,17,20). The van der Waals surface area contributed by atoms with Gasteiger partial charge in [-0.15, -0.1) is 0 Å². The second-order valence-electron chi connectivity index (χ2n) is 5.01. The van der Waals surface area contributed by atoms with E-state index in [0.29, 0.717) is 18.2 Å². The number of halogens is 1. The summed E-state index contributed by atoms with van der Waals surface area (Å²) in [6.45, 7) is 3.23. The summed E-state index contributed by atoms with van der Waals surface area (Å²) < 4.78 is 5.28. The number of amides is 2. The first-order valence-corrected chi connectivity index (χ1v) is 7.03. The number of hydrogen-bond acceptors (Lipinski definition) is 3. The molecule has 1 aliphatic heterocycles. The van der Waals surface area contributed by atoms with E-state index in [1.165, 1.54) is 18.2 Å². The third kappa shape index (κ3) is 4.09. The van der Waals surface area contributed by atoms with E-state index in [1.807, 2.05) is 6.92 Å². The highest BCUT2D eigenvalue weighted by atomic mass is 35.5. The highest BCUT2D eigenvalue weighted by Gasteiger charge is 2.24. The predicted octanol–water partition coefficient (Wildman–Crippen LogP) is 2.58. The summed E-state index contributed by atoms with van der Waals surface area (Å²) >= 11 is 5.83. The van der Waals surface area contributed by atoms with Crippen molar-refractivity contribution in [2.45, 2.75) is 19.4 Å². The minimum Gasteiger partial charge on any atom is -0.478 e. The molecular formula is C14H17ClN2O4. The lowest BCUT2D eigenvalue weighted by Crippen LogP contribution is -2.41. The van der Waals surface area contributed by atoms with E-state index < -0.39 is 12.0 Å². The molecule has 1 aromatic carbocycles. The quantitative estimate of drug-likeness (QED) is 0.797. The third-order valence-corrected chi connectivity index (χ3v) is 3.73. The van der Waals surface area contributed by atoms with Crippen LogP contribution >= 0.6 is 11.6 Å². The largest absolute Gasteiger partial charge is 0.478 e. The maximum Gasteiger partial charge on any atom is 0.337 e. The zero-order chi connectivity index (χ0) is 15.4. The van der Waals surface area contributed by atoms with E-state index in [1.54, 1.807) is 0 Å². The Bertz CT molecular complexity index is 544. The molecule has 7 heteroatoms. The zero-order valence-electron chi connectivity index (χ0n) is 11.6. The number of carboxylic acids is 1. The fourth-order valence-electron chi connectivity index (χ4n) is 2.24. The number of ether oxygens (including phenoxy) is 1. The molecule has 3 N–H and O–H groups in total. The van der Waals surface area contributed by atoms with Gasteiger partial charge in [0.2, 0.25) is 0 Å². The monoisotopic (exact) mass is 312 g/mol. The van der Waals surface area contributed by atoms with Gasteiger partial charge in [-0.3, -0.25) is 0 Å². The lowest BCUT2D eigenvalue weighted by atomic mass is 10.0. The van der Waals surface area contributed by atoms with Gasteiger partial charge in [-0.1, -0.05) is 11.6 Å². The van der Waals surface area contributed by atoms with Crippen LogP contribution in [0.3, 0.4) is 0 Å². The van der Waals surface area contributed by atoms with Crippen LogP contribution in [0.2, 0.25) is 5.02 Å². The molecule has 0 aromatic heterocycles. The fraction of sp³-hybridized carbons (Fsp3) is 0.429. The highest BCUT2D eigenvalue weighted by molar-refractivity contribution is 6.31. The molecule has 0 spiro atoms. The van der Waals surface area contributed by atoms with Crippen LogP contribution in [0.15, 0.2) is 18.2 Å². The van der Waals surface area contributed by atoms with E-state index in [4.69, 9.17) is 21.4 Å². The maximum absolute atomic E-state index is 12.0. The molecule has 1 heterocycles. The molecule has 1 aliphatic rings. The topological polar surface area (TPSA) is 87.7 Å². The molecule has 0 radical (unpaired) electrons. The number of urea groups is 1. The normalized spacial score (nSPS) is 19.0. The molecule has 2 unspecified atom stereocenters. The van der Waals surface area contributed by atoms with Gasteiger partial charge in [0.05, 0.1) is 17.9 Å². The first kappa shape index (κ1) is 15.6. The molecule has 0 aliphatic carbocycles. The molecule has 2 atom stereocenters. The van der Waals surface area contributed by atoms with Crippen molar-refractivity contribution in [2.75, 3.05) is 18.5 Å². The first-order chi connectivity index (χ1) is 9.97. The second-order valence-corrected chi connectivity index (χ2v) is 5.44. The van der Waals surface area contributed by atoms with Crippen molar-refractivity contribution in [3.05, 3.63) is 28.8 Å². The Hall–Kier alpha value is -1.79. The van der Waals surface area contributed by atoms with Crippen LogP contribution in [0.4, 0.5) is 10.5 Å². The number of benzene rings is 1. The van der Waals surface area contributed by atoms with Crippen molar-refractivity contribution in [1.82, 2.24) is 5.32 Å². The summed E-state index contributed by atoms with van der Waals surface area (Å²) in [4.78, 5) is 23.1. The van der Waals surface area contributed by atoms with Gasteiger partial charge in [-0.25, -0.2) is 9.59 Å². The minimum absolute atomic E-state index is 0.00796.